The zero-order valence-corrected chi connectivity index (χ0v) is 16.7. The van der Waals surface area contributed by atoms with Crippen LogP contribution < -0.4 is 10.6 Å². The molecule has 0 spiro atoms. The summed E-state index contributed by atoms with van der Waals surface area (Å²) in [6.45, 7) is 13.0. The van der Waals surface area contributed by atoms with Crippen molar-refractivity contribution in [2.75, 3.05) is 46.1 Å². The van der Waals surface area contributed by atoms with E-state index in [2.05, 4.69) is 32.7 Å². The van der Waals surface area contributed by atoms with Crippen molar-refractivity contribution in [3.8, 4) is 0 Å². The second kappa shape index (κ2) is 14.5. The number of guanidine groups is 1. The second-order valence-corrected chi connectivity index (χ2v) is 6.22. The van der Waals surface area contributed by atoms with Gasteiger partial charge < -0.3 is 24.6 Å². The number of nitrogens with zero attached hydrogens (tertiary/aromatic N) is 3. The van der Waals surface area contributed by atoms with E-state index < -0.39 is 0 Å². The van der Waals surface area contributed by atoms with E-state index in [1.807, 2.05) is 20.8 Å². The van der Waals surface area contributed by atoms with Crippen LogP contribution in [0, 0.1) is 0 Å². The molecule has 0 aromatic carbocycles. The predicted octanol–water partition coefficient (Wildman–Crippen LogP) is 2.12. The second-order valence-electron chi connectivity index (χ2n) is 6.22. The van der Waals surface area contributed by atoms with Gasteiger partial charge in [-0.25, -0.2) is 0 Å². The van der Waals surface area contributed by atoms with E-state index in [9.17, 15) is 0 Å². The molecule has 8 heteroatoms. The zero-order valence-electron chi connectivity index (χ0n) is 16.7. The van der Waals surface area contributed by atoms with Crippen LogP contribution in [0.1, 0.15) is 58.2 Å². The average Bonchev–Trinajstić information content (AvgIpc) is 3.09. The van der Waals surface area contributed by atoms with E-state index in [-0.39, 0.29) is 5.92 Å². The number of hydrogen-bond acceptors (Lipinski definition) is 6. The maximum atomic E-state index is 5.52. The lowest BCUT2D eigenvalue weighted by molar-refractivity contribution is 0.0497. The summed E-state index contributed by atoms with van der Waals surface area (Å²) in [5.41, 5.74) is 0. The monoisotopic (exact) mass is 369 g/mol. The van der Waals surface area contributed by atoms with Crippen LogP contribution in [-0.4, -0.2) is 62.2 Å². The Labute approximate surface area is 157 Å². The molecule has 0 atom stereocenters. The smallest absolute Gasteiger partial charge is 0.228 e. The minimum absolute atomic E-state index is 0.274. The molecule has 0 saturated heterocycles. The lowest BCUT2D eigenvalue weighted by atomic mass is 10.2. The van der Waals surface area contributed by atoms with Crippen molar-refractivity contribution < 1.29 is 14.0 Å². The van der Waals surface area contributed by atoms with Crippen molar-refractivity contribution in [3.63, 3.8) is 0 Å². The van der Waals surface area contributed by atoms with E-state index in [0.717, 1.165) is 37.8 Å². The topological polar surface area (TPSA) is 93.8 Å². The molecule has 2 N–H and O–H groups in total. The summed E-state index contributed by atoms with van der Waals surface area (Å²) in [6.07, 6.45) is 2.92. The quantitative estimate of drug-likeness (QED) is 0.295. The number of nitrogens with one attached hydrogen (secondary N) is 2. The molecule has 1 aromatic rings. The zero-order chi connectivity index (χ0) is 19.0. The Bertz CT molecular complexity index is 491. The number of hydrogen-bond donors (Lipinski definition) is 2. The molecule has 0 fully saturated rings. The predicted molar refractivity (Wildman–Crippen MR) is 103 cm³/mol. The Kier molecular flexibility index (Phi) is 12.5. The molecule has 0 amide bonds. The van der Waals surface area contributed by atoms with E-state index in [0.29, 0.717) is 45.2 Å². The minimum atomic E-state index is 0.274. The summed E-state index contributed by atoms with van der Waals surface area (Å²) in [5, 5.41) is 10.4. The van der Waals surface area contributed by atoms with Crippen LogP contribution in [0.25, 0.3) is 0 Å². The van der Waals surface area contributed by atoms with Gasteiger partial charge in [0.15, 0.2) is 11.8 Å². The van der Waals surface area contributed by atoms with Crippen LogP contribution in [0.5, 0.6) is 0 Å². The van der Waals surface area contributed by atoms with E-state index in [4.69, 9.17) is 14.0 Å². The Balaban J connectivity index is 2.17. The van der Waals surface area contributed by atoms with Crippen molar-refractivity contribution in [3.05, 3.63) is 11.7 Å². The molecule has 0 bridgehead atoms. The van der Waals surface area contributed by atoms with Crippen molar-refractivity contribution in [1.29, 1.82) is 0 Å². The number of ether oxygens (including phenoxy) is 2. The Morgan fingerprint density at radius 2 is 1.88 bits per heavy atom. The normalized spacial score (nSPS) is 12.0. The van der Waals surface area contributed by atoms with Crippen molar-refractivity contribution in [2.45, 2.75) is 52.9 Å². The SMILES string of the molecule is CCCCOCCOCCN=C(NCC)NCCc1nc(C(C)C)no1. The highest BCUT2D eigenvalue weighted by Crippen LogP contribution is 2.09. The van der Waals surface area contributed by atoms with Gasteiger partial charge in [0.05, 0.1) is 26.4 Å². The molecule has 8 nitrogen and oxygen atoms in total. The minimum Gasteiger partial charge on any atom is -0.379 e. The fourth-order valence-corrected chi connectivity index (χ4v) is 2.02. The van der Waals surface area contributed by atoms with Gasteiger partial charge in [-0.1, -0.05) is 32.3 Å². The summed E-state index contributed by atoms with van der Waals surface area (Å²) in [7, 11) is 0. The summed E-state index contributed by atoms with van der Waals surface area (Å²) in [6, 6.07) is 0. The van der Waals surface area contributed by atoms with Crippen LogP contribution in [0.15, 0.2) is 9.52 Å². The standard InChI is InChI=1S/C18H35N5O3/c1-5-7-11-24-13-14-25-12-10-21-18(19-6-2)20-9-8-16-22-17(15(3)4)23-26-16/h15H,5-14H2,1-4H3,(H2,19,20,21). The van der Waals surface area contributed by atoms with Crippen molar-refractivity contribution in [2.24, 2.45) is 4.99 Å². The number of rotatable bonds is 14. The molecule has 0 aliphatic heterocycles. The fourth-order valence-electron chi connectivity index (χ4n) is 2.02. The Morgan fingerprint density at radius 3 is 2.54 bits per heavy atom. The fraction of sp³-hybridized carbons (Fsp3) is 0.833. The highest BCUT2D eigenvalue weighted by Gasteiger charge is 2.09. The molecule has 0 aliphatic carbocycles. The van der Waals surface area contributed by atoms with Crippen LogP contribution in [-0.2, 0) is 15.9 Å². The summed E-state index contributed by atoms with van der Waals surface area (Å²) < 4.78 is 16.2. The van der Waals surface area contributed by atoms with Crippen LogP contribution in [0.4, 0.5) is 0 Å². The first-order valence-corrected chi connectivity index (χ1v) is 9.67. The lowest BCUT2D eigenvalue weighted by Gasteiger charge is -2.10. The first kappa shape index (κ1) is 22.4. The Morgan fingerprint density at radius 1 is 1.12 bits per heavy atom. The average molecular weight is 370 g/mol. The molecule has 1 rings (SSSR count). The number of unbranched alkanes of at least 4 members (excludes halogenated alkanes) is 1. The molecule has 0 saturated carbocycles. The summed E-state index contributed by atoms with van der Waals surface area (Å²) in [5.74, 6) is 2.43. The first-order chi connectivity index (χ1) is 12.7. The number of aliphatic imine (C=N–C) groups is 1. The van der Waals surface area contributed by atoms with Gasteiger partial charge in [0.1, 0.15) is 0 Å². The molecular formula is C18H35N5O3. The lowest BCUT2D eigenvalue weighted by Crippen LogP contribution is -2.38. The van der Waals surface area contributed by atoms with Crippen LogP contribution in [0.3, 0.4) is 0 Å². The van der Waals surface area contributed by atoms with Crippen molar-refractivity contribution >= 4 is 5.96 Å². The van der Waals surface area contributed by atoms with Gasteiger partial charge in [-0.15, -0.1) is 0 Å². The van der Waals surface area contributed by atoms with Gasteiger partial charge in [0.25, 0.3) is 0 Å². The largest absolute Gasteiger partial charge is 0.379 e. The van der Waals surface area contributed by atoms with Gasteiger partial charge in [-0.2, -0.15) is 4.98 Å². The van der Waals surface area contributed by atoms with Crippen LogP contribution in [0.2, 0.25) is 0 Å². The van der Waals surface area contributed by atoms with Gasteiger partial charge in [-0.05, 0) is 13.3 Å². The molecule has 1 heterocycles. The molecule has 0 radical (unpaired) electrons. The van der Waals surface area contributed by atoms with E-state index in [1.54, 1.807) is 0 Å². The van der Waals surface area contributed by atoms with Gasteiger partial charge in [0, 0.05) is 32.0 Å². The maximum absolute atomic E-state index is 5.52. The highest BCUT2D eigenvalue weighted by atomic mass is 16.5. The van der Waals surface area contributed by atoms with E-state index in [1.165, 1.54) is 0 Å². The van der Waals surface area contributed by atoms with Crippen LogP contribution >= 0.6 is 0 Å². The molecule has 26 heavy (non-hydrogen) atoms. The van der Waals surface area contributed by atoms with Gasteiger partial charge >= 0.3 is 0 Å². The molecule has 150 valence electrons. The van der Waals surface area contributed by atoms with Gasteiger partial charge in [-0.3, -0.25) is 4.99 Å². The maximum Gasteiger partial charge on any atom is 0.228 e. The molecule has 0 aliphatic rings. The first-order valence-electron chi connectivity index (χ1n) is 9.67. The highest BCUT2D eigenvalue weighted by molar-refractivity contribution is 5.79. The Hall–Kier alpha value is -1.67. The summed E-state index contributed by atoms with van der Waals surface area (Å²) in [4.78, 5) is 8.85. The van der Waals surface area contributed by atoms with E-state index >= 15 is 0 Å². The third-order valence-electron chi connectivity index (χ3n) is 3.50. The third kappa shape index (κ3) is 10.4. The number of aromatic nitrogens is 2. The molecule has 1 aromatic heterocycles. The molecule has 0 unspecified atom stereocenters. The van der Waals surface area contributed by atoms with Crippen molar-refractivity contribution in [1.82, 2.24) is 20.8 Å². The molecular weight excluding hydrogens is 334 g/mol. The summed E-state index contributed by atoms with van der Waals surface area (Å²) >= 11 is 0. The third-order valence-corrected chi connectivity index (χ3v) is 3.50. The van der Waals surface area contributed by atoms with Gasteiger partial charge in [0.2, 0.25) is 5.89 Å².